The zero-order chi connectivity index (χ0) is 13.8. The summed E-state index contributed by atoms with van der Waals surface area (Å²) in [7, 11) is 2.10. The molecule has 1 saturated carbocycles. The van der Waals surface area contributed by atoms with E-state index in [1.807, 2.05) is 0 Å². The first kappa shape index (κ1) is 14.6. The van der Waals surface area contributed by atoms with Crippen LogP contribution in [0.5, 0.6) is 0 Å². The quantitative estimate of drug-likeness (QED) is 0.880. The van der Waals surface area contributed by atoms with Crippen molar-refractivity contribution in [2.24, 2.45) is 11.8 Å². The van der Waals surface area contributed by atoms with Crippen LogP contribution < -0.4 is 5.32 Å². The topological polar surface area (TPSA) is 29.9 Å². The highest BCUT2D eigenvalue weighted by Gasteiger charge is 2.29. The standard InChI is InChI=1S/C16H29N3/c1-5-14-11-15(19(6-2)18-14)16(17-4)13-9-7-8-12(3)10-13/h11-13,16-17H,5-10H2,1-4H3. The number of aryl methyl sites for hydroxylation is 2. The maximum Gasteiger partial charge on any atom is 0.0625 e. The predicted molar refractivity (Wildman–Crippen MR) is 80.2 cm³/mol. The minimum atomic E-state index is 0.468. The van der Waals surface area contributed by atoms with Gasteiger partial charge < -0.3 is 5.32 Å². The van der Waals surface area contributed by atoms with E-state index in [0.717, 1.165) is 24.8 Å². The van der Waals surface area contributed by atoms with Crippen molar-refractivity contribution in [3.05, 3.63) is 17.5 Å². The number of nitrogens with zero attached hydrogens (tertiary/aromatic N) is 2. The molecular weight excluding hydrogens is 234 g/mol. The zero-order valence-electron chi connectivity index (χ0n) is 12.9. The molecule has 1 aromatic rings. The third-order valence-corrected chi connectivity index (χ3v) is 4.60. The number of aromatic nitrogens is 2. The molecule has 1 N–H and O–H groups in total. The van der Waals surface area contributed by atoms with Gasteiger partial charge in [-0.1, -0.05) is 26.7 Å². The SMILES string of the molecule is CCc1cc(C(NC)C2CCCC(C)C2)n(CC)n1. The van der Waals surface area contributed by atoms with E-state index in [2.05, 4.69) is 43.9 Å². The highest BCUT2D eigenvalue weighted by molar-refractivity contribution is 5.16. The van der Waals surface area contributed by atoms with Gasteiger partial charge in [0.2, 0.25) is 0 Å². The summed E-state index contributed by atoms with van der Waals surface area (Å²) in [4.78, 5) is 0. The maximum atomic E-state index is 4.71. The summed E-state index contributed by atoms with van der Waals surface area (Å²) in [5.41, 5.74) is 2.61. The average Bonchev–Trinajstić information content (AvgIpc) is 2.83. The smallest absolute Gasteiger partial charge is 0.0625 e. The summed E-state index contributed by atoms with van der Waals surface area (Å²) >= 11 is 0. The fourth-order valence-corrected chi connectivity index (χ4v) is 3.57. The van der Waals surface area contributed by atoms with E-state index in [1.54, 1.807) is 0 Å². The molecule has 1 aliphatic rings. The molecule has 3 atom stereocenters. The highest BCUT2D eigenvalue weighted by atomic mass is 15.3. The molecule has 0 radical (unpaired) electrons. The van der Waals surface area contributed by atoms with Gasteiger partial charge in [-0.15, -0.1) is 0 Å². The van der Waals surface area contributed by atoms with Crippen molar-refractivity contribution in [1.29, 1.82) is 0 Å². The van der Waals surface area contributed by atoms with E-state index in [-0.39, 0.29) is 0 Å². The van der Waals surface area contributed by atoms with Crippen LogP contribution in [0.1, 0.15) is 63.9 Å². The van der Waals surface area contributed by atoms with E-state index < -0.39 is 0 Å². The van der Waals surface area contributed by atoms with E-state index in [1.165, 1.54) is 37.1 Å². The third-order valence-electron chi connectivity index (χ3n) is 4.60. The molecule has 3 unspecified atom stereocenters. The Kier molecular flexibility index (Phi) is 5.03. The van der Waals surface area contributed by atoms with Crippen LogP contribution in [0.3, 0.4) is 0 Å². The Hall–Kier alpha value is -0.830. The fourth-order valence-electron chi connectivity index (χ4n) is 3.57. The van der Waals surface area contributed by atoms with Gasteiger partial charge in [0.25, 0.3) is 0 Å². The van der Waals surface area contributed by atoms with Crippen molar-refractivity contribution in [3.8, 4) is 0 Å². The second kappa shape index (κ2) is 6.56. The van der Waals surface area contributed by atoms with Crippen LogP contribution in [0.25, 0.3) is 0 Å². The first-order valence-corrected chi connectivity index (χ1v) is 7.93. The number of hydrogen-bond acceptors (Lipinski definition) is 2. The first-order chi connectivity index (χ1) is 9.19. The van der Waals surface area contributed by atoms with Gasteiger partial charge in [0, 0.05) is 6.54 Å². The highest BCUT2D eigenvalue weighted by Crippen LogP contribution is 2.37. The van der Waals surface area contributed by atoms with Crippen molar-refractivity contribution in [2.75, 3.05) is 7.05 Å². The molecule has 0 aliphatic heterocycles. The lowest BCUT2D eigenvalue weighted by Crippen LogP contribution is -2.30. The molecule has 3 heteroatoms. The van der Waals surface area contributed by atoms with Gasteiger partial charge in [0.1, 0.15) is 0 Å². The van der Waals surface area contributed by atoms with Crippen molar-refractivity contribution >= 4 is 0 Å². The van der Waals surface area contributed by atoms with Gasteiger partial charge in [0.05, 0.1) is 17.4 Å². The van der Waals surface area contributed by atoms with E-state index in [9.17, 15) is 0 Å². The second-order valence-electron chi connectivity index (χ2n) is 6.03. The van der Waals surface area contributed by atoms with E-state index >= 15 is 0 Å². The van der Waals surface area contributed by atoms with Gasteiger partial charge in [0.15, 0.2) is 0 Å². The largest absolute Gasteiger partial charge is 0.311 e. The summed E-state index contributed by atoms with van der Waals surface area (Å²) in [6, 6.07) is 2.78. The zero-order valence-corrected chi connectivity index (χ0v) is 12.9. The Morgan fingerprint density at radius 3 is 2.79 bits per heavy atom. The average molecular weight is 263 g/mol. The molecule has 1 fully saturated rings. The molecule has 19 heavy (non-hydrogen) atoms. The molecule has 0 bridgehead atoms. The Balaban J connectivity index is 2.22. The van der Waals surface area contributed by atoms with Crippen molar-refractivity contribution in [1.82, 2.24) is 15.1 Å². The monoisotopic (exact) mass is 263 g/mol. The lowest BCUT2D eigenvalue weighted by Gasteiger charge is -2.33. The lowest BCUT2D eigenvalue weighted by atomic mass is 9.77. The summed E-state index contributed by atoms with van der Waals surface area (Å²) in [5, 5.41) is 8.27. The predicted octanol–water partition coefficient (Wildman–Crippen LogP) is 3.55. The molecule has 108 valence electrons. The summed E-state index contributed by atoms with van der Waals surface area (Å²) in [6.45, 7) is 7.73. The van der Waals surface area contributed by atoms with Crippen LogP contribution in [0.15, 0.2) is 6.07 Å². The normalized spacial score (nSPS) is 25.5. The van der Waals surface area contributed by atoms with Crippen LogP contribution in [0, 0.1) is 11.8 Å². The summed E-state index contributed by atoms with van der Waals surface area (Å²) < 4.78 is 2.19. The number of rotatable bonds is 5. The van der Waals surface area contributed by atoms with E-state index in [0.29, 0.717) is 6.04 Å². The molecule has 2 rings (SSSR count). The van der Waals surface area contributed by atoms with Crippen LogP contribution in [0.2, 0.25) is 0 Å². The van der Waals surface area contributed by atoms with Gasteiger partial charge >= 0.3 is 0 Å². The van der Waals surface area contributed by atoms with Gasteiger partial charge in [-0.2, -0.15) is 5.10 Å². The van der Waals surface area contributed by atoms with Crippen molar-refractivity contribution in [2.45, 2.75) is 65.5 Å². The molecule has 0 aromatic carbocycles. The third kappa shape index (κ3) is 3.19. The van der Waals surface area contributed by atoms with E-state index in [4.69, 9.17) is 5.10 Å². The van der Waals surface area contributed by atoms with Gasteiger partial charge in [-0.3, -0.25) is 4.68 Å². The maximum absolute atomic E-state index is 4.71. The summed E-state index contributed by atoms with van der Waals surface area (Å²) in [6.07, 6.45) is 6.51. The molecule has 1 aromatic heterocycles. The summed E-state index contributed by atoms with van der Waals surface area (Å²) in [5.74, 6) is 1.64. The van der Waals surface area contributed by atoms with Crippen molar-refractivity contribution < 1.29 is 0 Å². The molecule has 0 spiro atoms. The van der Waals surface area contributed by atoms with Crippen molar-refractivity contribution in [3.63, 3.8) is 0 Å². The van der Waals surface area contributed by atoms with Gasteiger partial charge in [-0.05, 0) is 51.1 Å². The Morgan fingerprint density at radius 1 is 1.42 bits per heavy atom. The Bertz CT molecular complexity index is 397. The molecule has 0 saturated heterocycles. The minimum Gasteiger partial charge on any atom is -0.311 e. The molecule has 1 heterocycles. The molecule has 3 nitrogen and oxygen atoms in total. The number of nitrogens with one attached hydrogen (secondary N) is 1. The molecule has 0 amide bonds. The lowest BCUT2D eigenvalue weighted by molar-refractivity contribution is 0.223. The second-order valence-corrected chi connectivity index (χ2v) is 6.03. The molecule has 1 aliphatic carbocycles. The van der Waals surface area contributed by atoms with Crippen LogP contribution in [-0.2, 0) is 13.0 Å². The van der Waals surface area contributed by atoms with Crippen LogP contribution in [0.4, 0.5) is 0 Å². The Labute approximate surface area is 117 Å². The fraction of sp³-hybridized carbons (Fsp3) is 0.812. The Morgan fingerprint density at radius 2 is 2.21 bits per heavy atom. The minimum absolute atomic E-state index is 0.468. The number of hydrogen-bond donors (Lipinski definition) is 1. The first-order valence-electron chi connectivity index (χ1n) is 7.93. The van der Waals surface area contributed by atoms with Gasteiger partial charge in [-0.25, -0.2) is 0 Å². The van der Waals surface area contributed by atoms with Crippen LogP contribution in [-0.4, -0.2) is 16.8 Å². The molecular formula is C16H29N3. The van der Waals surface area contributed by atoms with Crippen LogP contribution >= 0.6 is 0 Å².